The van der Waals surface area contributed by atoms with Gasteiger partial charge in [0.15, 0.2) is 0 Å². The quantitative estimate of drug-likeness (QED) is 0.827. The number of rotatable bonds is 6. The number of thiophene rings is 1. The van der Waals surface area contributed by atoms with Gasteiger partial charge in [-0.25, -0.2) is 17.9 Å². The number of carboxylic acids is 1. The first-order valence-corrected chi connectivity index (χ1v) is 8.28. The van der Waals surface area contributed by atoms with E-state index in [1.165, 1.54) is 6.07 Å². The standard InChI is InChI=1S/C12H20N2O4S2/c1-8-10(6-9(19-8)11(15)16)20(17,18)13-7-12(2,3)14(4)5/h6,13H,7H2,1-5H3,(H,15,16). The minimum atomic E-state index is -3.70. The molecule has 0 aromatic carbocycles. The van der Waals surface area contributed by atoms with Crippen LogP contribution in [0, 0.1) is 6.92 Å². The molecule has 0 aliphatic rings. The van der Waals surface area contributed by atoms with E-state index in [-0.39, 0.29) is 21.9 Å². The molecule has 114 valence electrons. The molecule has 0 saturated carbocycles. The van der Waals surface area contributed by atoms with E-state index in [2.05, 4.69) is 4.72 Å². The van der Waals surface area contributed by atoms with Crippen molar-refractivity contribution < 1.29 is 18.3 Å². The lowest BCUT2D eigenvalue weighted by Crippen LogP contribution is -2.48. The molecule has 0 bridgehead atoms. The molecule has 0 atom stereocenters. The van der Waals surface area contributed by atoms with Gasteiger partial charge in [0.1, 0.15) is 4.88 Å². The maximum Gasteiger partial charge on any atom is 0.345 e. The van der Waals surface area contributed by atoms with Gasteiger partial charge in [-0.15, -0.1) is 11.3 Å². The summed E-state index contributed by atoms with van der Waals surface area (Å²) in [6.45, 7) is 5.67. The molecule has 0 radical (unpaired) electrons. The van der Waals surface area contributed by atoms with Gasteiger partial charge in [0.05, 0.1) is 4.90 Å². The highest BCUT2D eigenvalue weighted by Gasteiger charge is 2.26. The van der Waals surface area contributed by atoms with Gasteiger partial charge in [0.2, 0.25) is 10.0 Å². The molecule has 1 heterocycles. The van der Waals surface area contributed by atoms with Crippen molar-refractivity contribution in [2.75, 3.05) is 20.6 Å². The Kier molecular flexibility index (Phi) is 4.96. The summed E-state index contributed by atoms with van der Waals surface area (Å²) in [7, 11) is 0.0355. The summed E-state index contributed by atoms with van der Waals surface area (Å²) in [6, 6.07) is 1.20. The lowest BCUT2D eigenvalue weighted by atomic mass is 10.1. The number of aryl methyl sites for hydroxylation is 1. The normalized spacial score (nSPS) is 12.9. The fraction of sp³-hybridized carbons (Fsp3) is 0.583. The second-order valence-electron chi connectivity index (χ2n) is 5.37. The predicted molar refractivity (Wildman–Crippen MR) is 79.0 cm³/mol. The van der Waals surface area contributed by atoms with Crippen LogP contribution in [0.2, 0.25) is 0 Å². The lowest BCUT2D eigenvalue weighted by Gasteiger charge is -2.32. The Balaban J connectivity index is 2.98. The summed E-state index contributed by atoms with van der Waals surface area (Å²) in [4.78, 5) is 13.3. The molecule has 2 N–H and O–H groups in total. The van der Waals surface area contributed by atoms with E-state index in [4.69, 9.17) is 5.11 Å². The Labute approximate surface area is 123 Å². The molecular formula is C12H20N2O4S2. The maximum absolute atomic E-state index is 12.2. The molecule has 0 saturated heterocycles. The summed E-state index contributed by atoms with van der Waals surface area (Å²) < 4.78 is 27.0. The van der Waals surface area contributed by atoms with Crippen molar-refractivity contribution in [3.8, 4) is 0 Å². The number of carboxylic acid groups (broad SMARTS) is 1. The van der Waals surface area contributed by atoms with Crippen LogP contribution in [0.1, 0.15) is 28.4 Å². The van der Waals surface area contributed by atoms with Crippen LogP contribution in [-0.2, 0) is 10.0 Å². The molecule has 0 amide bonds. The van der Waals surface area contributed by atoms with Crippen LogP contribution in [0.4, 0.5) is 0 Å². The van der Waals surface area contributed by atoms with Crippen LogP contribution in [0.3, 0.4) is 0 Å². The van der Waals surface area contributed by atoms with E-state index < -0.39 is 16.0 Å². The summed E-state index contributed by atoms with van der Waals surface area (Å²) in [5, 5.41) is 8.91. The highest BCUT2D eigenvalue weighted by molar-refractivity contribution is 7.89. The first kappa shape index (κ1) is 17.1. The molecule has 0 aliphatic carbocycles. The van der Waals surface area contributed by atoms with Crippen LogP contribution in [0.5, 0.6) is 0 Å². The van der Waals surface area contributed by atoms with E-state index in [1.807, 2.05) is 32.8 Å². The van der Waals surface area contributed by atoms with Crippen molar-refractivity contribution >= 4 is 27.3 Å². The largest absolute Gasteiger partial charge is 0.477 e. The molecule has 0 fully saturated rings. The summed E-state index contributed by atoms with van der Waals surface area (Å²) in [5.41, 5.74) is -0.341. The van der Waals surface area contributed by atoms with Gasteiger partial charge in [-0.05, 0) is 40.9 Å². The third kappa shape index (κ3) is 3.78. The van der Waals surface area contributed by atoms with Crippen LogP contribution in [0.25, 0.3) is 0 Å². The summed E-state index contributed by atoms with van der Waals surface area (Å²) in [5.74, 6) is -1.12. The second kappa shape index (κ2) is 5.80. The average molecular weight is 320 g/mol. The van der Waals surface area contributed by atoms with Gasteiger partial charge in [0.25, 0.3) is 0 Å². The molecule has 1 rings (SSSR count). The van der Waals surface area contributed by atoms with E-state index >= 15 is 0 Å². The van der Waals surface area contributed by atoms with Gasteiger partial charge in [-0.2, -0.15) is 0 Å². The van der Waals surface area contributed by atoms with Crippen molar-refractivity contribution in [3.63, 3.8) is 0 Å². The van der Waals surface area contributed by atoms with Gasteiger partial charge in [0, 0.05) is 17.0 Å². The lowest BCUT2D eigenvalue weighted by molar-refractivity contribution is 0.0702. The van der Waals surface area contributed by atoms with Crippen molar-refractivity contribution in [3.05, 3.63) is 15.8 Å². The summed E-state index contributed by atoms with van der Waals surface area (Å²) in [6.07, 6.45) is 0. The molecule has 0 spiro atoms. The van der Waals surface area contributed by atoms with Crippen molar-refractivity contribution in [2.45, 2.75) is 31.2 Å². The molecule has 1 aromatic rings. The number of hydrogen-bond acceptors (Lipinski definition) is 5. The number of carbonyl (C=O) groups is 1. The minimum Gasteiger partial charge on any atom is -0.477 e. The molecular weight excluding hydrogens is 300 g/mol. The Morgan fingerprint density at radius 1 is 1.45 bits per heavy atom. The monoisotopic (exact) mass is 320 g/mol. The van der Waals surface area contributed by atoms with Crippen LogP contribution in [-0.4, -0.2) is 50.6 Å². The first-order valence-electron chi connectivity index (χ1n) is 5.98. The van der Waals surface area contributed by atoms with Crippen molar-refractivity contribution in [1.82, 2.24) is 9.62 Å². The number of hydrogen-bond donors (Lipinski definition) is 2. The van der Waals surface area contributed by atoms with E-state index in [0.717, 1.165) is 11.3 Å². The predicted octanol–water partition coefficient (Wildman–Crippen LogP) is 1.37. The molecule has 20 heavy (non-hydrogen) atoms. The topological polar surface area (TPSA) is 86.7 Å². The van der Waals surface area contributed by atoms with Gasteiger partial charge >= 0.3 is 5.97 Å². The van der Waals surface area contributed by atoms with E-state index in [9.17, 15) is 13.2 Å². The molecule has 8 heteroatoms. The van der Waals surface area contributed by atoms with E-state index in [0.29, 0.717) is 4.88 Å². The SMILES string of the molecule is Cc1sc(C(=O)O)cc1S(=O)(=O)NCC(C)(C)N(C)C. The van der Waals surface area contributed by atoms with Crippen molar-refractivity contribution in [2.24, 2.45) is 0 Å². The number of nitrogens with zero attached hydrogens (tertiary/aromatic N) is 1. The zero-order valence-electron chi connectivity index (χ0n) is 12.2. The van der Waals surface area contributed by atoms with Gasteiger partial charge < -0.3 is 10.0 Å². The van der Waals surface area contributed by atoms with Gasteiger partial charge in [-0.3, -0.25) is 0 Å². The smallest absolute Gasteiger partial charge is 0.345 e. The average Bonchev–Trinajstić information content (AvgIpc) is 2.70. The second-order valence-corrected chi connectivity index (χ2v) is 8.36. The highest BCUT2D eigenvalue weighted by Crippen LogP contribution is 2.25. The third-order valence-electron chi connectivity index (χ3n) is 3.28. The van der Waals surface area contributed by atoms with E-state index in [1.54, 1.807) is 6.92 Å². The Hall–Kier alpha value is -0.960. The van der Waals surface area contributed by atoms with Crippen LogP contribution in [0.15, 0.2) is 11.0 Å². The Bertz CT molecular complexity index is 603. The zero-order chi connectivity index (χ0) is 15.7. The Morgan fingerprint density at radius 3 is 2.40 bits per heavy atom. The van der Waals surface area contributed by atoms with Crippen LogP contribution >= 0.6 is 11.3 Å². The zero-order valence-corrected chi connectivity index (χ0v) is 13.9. The highest BCUT2D eigenvalue weighted by atomic mass is 32.2. The minimum absolute atomic E-state index is 0.0229. The number of nitrogens with one attached hydrogen (secondary N) is 1. The maximum atomic E-state index is 12.2. The number of sulfonamides is 1. The fourth-order valence-electron chi connectivity index (χ4n) is 1.35. The summed E-state index contributed by atoms with van der Waals surface area (Å²) >= 11 is 0.960. The molecule has 0 aliphatic heterocycles. The first-order chi connectivity index (χ1) is 8.97. The molecule has 0 unspecified atom stereocenters. The molecule has 6 nitrogen and oxygen atoms in total. The number of aromatic carboxylic acids is 1. The Morgan fingerprint density at radius 2 is 2.00 bits per heavy atom. The third-order valence-corrected chi connectivity index (χ3v) is 5.97. The fourth-order valence-corrected chi connectivity index (χ4v) is 3.98. The molecule has 1 aromatic heterocycles. The number of likely N-dealkylation sites (N-methyl/N-ethyl adjacent to an activating group) is 1. The van der Waals surface area contributed by atoms with Crippen molar-refractivity contribution in [1.29, 1.82) is 0 Å². The van der Waals surface area contributed by atoms with Crippen LogP contribution < -0.4 is 4.72 Å². The van der Waals surface area contributed by atoms with Gasteiger partial charge in [-0.1, -0.05) is 0 Å².